The number of ether oxygens (including phenoxy) is 1. The lowest BCUT2D eigenvalue weighted by molar-refractivity contribution is -0.116. The molecule has 2 aromatic carbocycles. The van der Waals surface area contributed by atoms with Crippen LogP contribution in [-0.4, -0.2) is 30.0 Å². The van der Waals surface area contributed by atoms with Crippen molar-refractivity contribution in [2.45, 2.75) is 45.1 Å². The van der Waals surface area contributed by atoms with Crippen molar-refractivity contribution in [2.24, 2.45) is 0 Å². The number of nitrogens with two attached hydrogens (primary N) is 1. The molecule has 0 aliphatic heterocycles. The predicted octanol–water partition coefficient (Wildman–Crippen LogP) is 5.03. The first kappa shape index (κ1) is 22.6. The molecule has 31 heavy (non-hydrogen) atoms. The van der Waals surface area contributed by atoms with E-state index in [1.54, 1.807) is 19.2 Å². The number of carbonyl (C=O) groups is 2. The average molecular weight is 422 g/mol. The Hall–Kier alpha value is -3.12. The molecule has 6 nitrogen and oxygen atoms in total. The number of Topliss-reactive ketones (excluding diaryl/α,β-unsaturated/α-hetero) is 1. The molecule has 1 heterocycles. The summed E-state index contributed by atoms with van der Waals surface area (Å²) in [4.78, 5) is 24.9. The number of nitrogens with one attached hydrogen (secondary N) is 1. The summed E-state index contributed by atoms with van der Waals surface area (Å²) in [7, 11) is 1.67. The SMILES string of the molecule is COCCn1c(C(=O)CCCCCCC(=O)Nc2ccccc2N)cc2ccccc21. The number of carbonyl (C=O) groups excluding carboxylic acids is 2. The van der Waals surface area contributed by atoms with Crippen molar-refractivity contribution in [1.29, 1.82) is 0 Å². The molecular formula is C25H31N3O3. The Morgan fingerprint density at radius 2 is 1.68 bits per heavy atom. The van der Waals surface area contributed by atoms with Gasteiger partial charge in [-0.25, -0.2) is 0 Å². The standard InChI is InChI=1S/C25H31N3O3/c1-31-17-16-28-22-13-9-6-10-19(22)18-23(28)24(29)14-4-2-3-5-15-25(30)27-21-12-8-7-11-20(21)26/h6-13,18H,2-5,14-17,26H2,1H3,(H,27,30). The minimum absolute atomic E-state index is 0.0309. The number of unbranched alkanes of at least 4 members (excludes halogenated alkanes) is 3. The highest BCUT2D eigenvalue weighted by Gasteiger charge is 2.15. The molecule has 0 fully saturated rings. The maximum atomic E-state index is 12.8. The average Bonchev–Trinajstić information content (AvgIpc) is 3.15. The Bertz CT molecular complexity index is 1030. The number of hydrogen-bond acceptors (Lipinski definition) is 4. The van der Waals surface area contributed by atoms with Gasteiger partial charge in [0.1, 0.15) is 0 Å². The van der Waals surface area contributed by atoms with Crippen LogP contribution in [0.4, 0.5) is 11.4 Å². The Morgan fingerprint density at radius 3 is 2.45 bits per heavy atom. The van der Waals surface area contributed by atoms with E-state index in [9.17, 15) is 9.59 Å². The molecule has 0 spiro atoms. The number of para-hydroxylation sites is 3. The van der Waals surface area contributed by atoms with E-state index in [4.69, 9.17) is 10.5 Å². The molecule has 0 saturated carbocycles. The summed E-state index contributed by atoms with van der Waals surface area (Å²) in [6, 6.07) is 17.3. The number of amides is 1. The molecule has 0 saturated heterocycles. The van der Waals surface area contributed by atoms with Crippen LogP contribution >= 0.6 is 0 Å². The molecule has 0 radical (unpaired) electrons. The molecule has 1 amide bonds. The highest BCUT2D eigenvalue weighted by atomic mass is 16.5. The van der Waals surface area contributed by atoms with Gasteiger partial charge in [-0.1, -0.05) is 43.2 Å². The molecule has 164 valence electrons. The van der Waals surface area contributed by atoms with Crippen molar-refractivity contribution in [3.05, 3.63) is 60.3 Å². The third-order valence-electron chi connectivity index (χ3n) is 5.41. The highest BCUT2D eigenvalue weighted by molar-refractivity contribution is 6.00. The maximum Gasteiger partial charge on any atom is 0.224 e. The number of methoxy groups -OCH3 is 1. The fourth-order valence-corrected chi connectivity index (χ4v) is 3.74. The van der Waals surface area contributed by atoms with Crippen LogP contribution in [0, 0.1) is 0 Å². The number of nitrogen functional groups attached to an aromatic ring is 1. The summed E-state index contributed by atoms with van der Waals surface area (Å²) >= 11 is 0. The second kappa shape index (κ2) is 11.3. The van der Waals surface area contributed by atoms with Crippen LogP contribution < -0.4 is 11.1 Å². The summed E-state index contributed by atoms with van der Waals surface area (Å²) in [5.41, 5.74) is 8.88. The summed E-state index contributed by atoms with van der Waals surface area (Å²) in [6.45, 7) is 1.22. The predicted molar refractivity (Wildman–Crippen MR) is 125 cm³/mol. The second-order valence-electron chi connectivity index (χ2n) is 7.71. The lowest BCUT2D eigenvalue weighted by atomic mass is 10.1. The molecule has 3 aromatic rings. The normalized spacial score (nSPS) is 11.0. The molecule has 0 unspecified atom stereocenters. The van der Waals surface area contributed by atoms with Crippen molar-refractivity contribution in [2.75, 3.05) is 24.8 Å². The quantitative estimate of drug-likeness (QED) is 0.244. The Labute approximate surface area is 183 Å². The minimum Gasteiger partial charge on any atom is -0.397 e. The van der Waals surface area contributed by atoms with Gasteiger partial charge in [-0.2, -0.15) is 0 Å². The van der Waals surface area contributed by atoms with Gasteiger partial charge < -0.3 is 20.4 Å². The van der Waals surface area contributed by atoms with Crippen LogP contribution in [0.1, 0.15) is 49.0 Å². The van der Waals surface area contributed by atoms with E-state index < -0.39 is 0 Å². The van der Waals surface area contributed by atoms with Gasteiger partial charge >= 0.3 is 0 Å². The molecule has 0 aliphatic carbocycles. The third kappa shape index (κ3) is 6.18. The lowest BCUT2D eigenvalue weighted by Gasteiger charge is -2.10. The molecule has 3 N–H and O–H groups in total. The van der Waals surface area contributed by atoms with Gasteiger partial charge in [0, 0.05) is 37.4 Å². The fraction of sp³-hybridized carbons (Fsp3) is 0.360. The van der Waals surface area contributed by atoms with Crippen molar-refractivity contribution in [3.63, 3.8) is 0 Å². The smallest absolute Gasteiger partial charge is 0.224 e. The van der Waals surface area contributed by atoms with E-state index in [1.165, 1.54) is 0 Å². The number of anilines is 2. The molecule has 6 heteroatoms. The molecule has 3 rings (SSSR count). The van der Waals surface area contributed by atoms with E-state index in [2.05, 4.69) is 9.88 Å². The molecule has 0 aliphatic rings. The monoisotopic (exact) mass is 421 g/mol. The van der Waals surface area contributed by atoms with E-state index in [-0.39, 0.29) is 11.7 Å². The first-order valence-electron chi connectivity index (χ1n) is 10.8. The fourth-order valence-electron chi connectivity index (χ4n) is 3.74. The van der Waals surface area contributed by atoms with Gasteiger partial charge in [0.15, 0.2) is 5.78 Å². The number of aromatic nitrogens is 1. The molecule has 0 bridgehead atoms. The van der Waals surface area contributed by atoms with Crippen LogP contribution in [0.3, 0.4) is 0 Å². The Balaban J connectivity index is 1.42. The van der Waals surface area contributed by atoms with Crippen molar-refractivity contribution >= 4 is 34.0 Å². The van der Waals surface area contributed by atoms with Gasteiger partial charge in [-0.3, -0.25) is 9.59 Å². The first-order chi connectivity index (χ1) is 15.1. The van der Waals surface area contributed by atoms with E-state index in [0.717, 1.165) is 42.3 Å². The van der Waals surface area contributed by atoms with Crippen LogP contribution in [0.2, 0.25) is 0 Å². The first-order valence-corrected chi connectivity index (χ1v) is 10.8. The topological polar surface area (TPSA) is 86.3 Å². The van der Waals surface area contributed by atoms with Crippen LogP contribution in [0.25, 0.3) is 10.9 Å². The maximum absolute atomic E-state index is 12.8. The van der Waals surface area contributed by atoms with Crippen molar-refractivity contribution in [3.8, 4) is 0 Å². The Kier molecular flexibility index (Phi) is 8.24. The van der Waals surface area contributed by atoms with Gasteiger partial charge in [0.2, 0.25) is 5.91 Å². The van der Waals surface area contributed by atoms with Crippen LogP contribution in [0.5, 0.6) is 0 Å². The Morgan fingerprint density at radius 1 is 0.968 bits per heavy atom. The molecule has 0 atom stereocenters. The summed E-state index contributed by atoms with van der Waals surface area (Å²) in [5, 5.41) is 3.92. The van der Waals surface area contributed by atoms with Crippen molar-refractivity contribution in [1.82, 2.24) is 4.57 Å². The zero-order valence-electron chi connectivity index (χ0n) is 18.1. The van der Waals surface area contributed by atoms with E-state index >= 15 is 0 Å². The van der Waals surface area contributed by atoms with Crippen LogP contribution in [-0.2, 0) is 16.1 Å². The van der Waals surface area contributed by atoms with Gasteiger partial charge in [0.05, 0.1) is 23.7 Å². The van der Waals surface area contributed by atoms with Crippen LogP contribution in [0.15, 0.2) is 54.6 Å². The largest absolute Gasteiger partial charge is 0.397 e. The number of hydrogen-bond donors (Lipinski definition) is 2. The molecule has 1 aromatic heterocycles. The highest BCUT2D eigenvalue weighted by Crippen LogP contribution is 2.22. The summed E-state index contributed by atoms with van der Waals surface area (Å²) in [5.74, 6) is 0.126. The zero-order chi connectivity index (χ0) is 22.1. The summed E-state index contributed by atoms with van der Waals surface area (Å²) in [6.07, 6.45) is 4.41. The van der Waals surface area contributed by atoms with Gasteiger partial charge in [-0.15, -0.1) is 0 Å². The number of nitrogens with zero attached hydrogens (tertiary/aromatic N) is 1. The van der Waals surface area contributed by atoms with Gasteiger partial charge in [0.25, 0.3) is 0 Å². The lowest BCUT2D eigenvalue weighted by Crippen LogP contribution is -2.12. The number of ketones is 1. The number of benzene rings is 2. The van der Waals surface area contributed by atoms with E-state index in [0.29, 0.717) is 37.4 Å². The zero-order valence-corrected chi connectivity index (χ0v) is 18.1. The molecular weight excluding hydrogens is 390 g/mol. The van der Waals surface area contributed by atoms with Crippen molar-refractivity contribution < 1.29 is 14.3 Å². The number of fused-ring (bicyclic) bond motifs is 1. The van der Waals surface area contributed by atoms with Gasteiger partial charge in [-0.05, 0) is 37.1 Å². The van der Waals surface area contributed by atoms with E-state index in [1.807, 2.05) is 42.5 Å². The number of rotatable bonds is 12. The second-order valence-corrected chi connectivity index (χ2v) is 7.71. The minimum atomic E-state index is -0.0309. The summed E-state index contributed by atoms with van der Waals surface area (Å²) < 4.78 is 7.27. The third-order valence-corrected chi connectivity index (χ3v) is 5.41.